The number of rotatable bonds is 8. The Morgan fingerprint density at radius 2 is 1.67 bits per heavy atom. The number of amides is 1. The van der Waals surface area contributed by atoms with Gasteiger partial charge in [-0.05, 0) is 91.1 Å². The largest absolute Gasteiger partial charge is 0.481 e. The molecule has 8 heteroatoms. The number of carboxylic acid groups (broad SMARTS) is 1. The lowest BCUT2D eigenvalue weighted by molar-refractivity contribution is -0.136. The number of amidine groups is 1. The fraction of sp³-hybridized carbons (Fsp3) is 0.378. The molecule has 4 aromatic rings. The van der Waals surface area contributed by atoms with Gasteiger partial charge in [0.05, 0.1) is 18.2 Å². The molecule has 0 radical (unpaired) electrons. The summed E-state index contributed by atoms with van der Waals surface area (Å²) in [4.78, 5) is 30.7. The zero-order chi connectivity index (χ0) is 31.6. The molecular formula is C37H41N3O5. The second kappa shape index (κ2) is 12.8. The first-order chi connectivity index (χ1) is 21.7. The summed E-state index contributed by atoms with van der Waals surface area (Å²) in [5.74, 6) is 0.281. The third kappa shape index (κ3) is 6.90. The molecule has 45 heavy (non-hydrogen) atoms. The Bertz CT molecular complexity index is 1640. The van der Waals surface area contributed by atoms with E-state index in [1.165, 1.54) is 0 Å². The molecule has 0 bridgehead atoms. The lowest BCUT2D eigenvalue weighted by atomic mass is 9.71. The van der Waals surface area contributed by atoms with Crippen molar-refractivity contribution in [3.05, 3.63) is 90.0 Å². The number of nitrogens with zero attached hydrogens (tertiary/aromatic N) is 2. The Morgan fingerprint density at radius 1 is 0.956 bits per heavy atom. The van der Waals surface area contributed by atoms with Crippen LogP contribution >= 0.6 is 0 Å². The van der Waals surface area contributed by atoms with Gasteiger partial charge in [-0.15, -0.1) is 0 Å². The van der Waals surface area contributed by atoms with Gasteiger partial charge in [0.15, 0.2) is 0 Å². The molecular weight excluding hydrogens is 566 g/mol. The second-order valence-electron chi connectivity index (χ2n) is 13.2. The number of nitrogens with one attached hydrogen (secondary N) is 1. The lowest BCUT2D eigenvalue weighted by Gasteiger charge is -2.41. The third-order valence-electron chi connectivity index (χ3n) is 9.23. The Morgan fingerprint density at radius 3 is 2.33 bits per heavy atom. The molecule has 2 N–H and O–H groups in total. The summed E-state index contributed by atoms with van der Waals surface area (Å²) in [7, 11) is 0. The van der Waals surface area contributed by atoms with Crippen LogP contribution in [0.5, 0.6) is 0 Å². The normalized spacial score (nSPS) is 21.2. The van der Waals surface area contributed by atoms with Crippen LogP contribution in [0.25, 0.3) is 22.3 Å². The van der Waals surface area contributed by atoms with Crippen LogP contribution in [0.3, 0.4) is 0 Å². The van der Waals surface area contributed by atoms with Crippen LogP contribution in [-0.2, 0) is 9.53 Å². The lowest BCUT2D eigenvalue weighted by Crippen LogP contribution is -2.42. The minimum Gasteiger partial charge on any atom is -0.481 e. The summed E-state index contributed by atoms with van der Waals surface area (Å²) in [6.45, 7) is 7.57. The molecule has 234 valence electrons. The van der Waals surface area contributed by atoms with Crippen molar-refractivity contribution >= 4 is 34.6 Å². The van der Waals surface area contributed by atoms with Crippen LogP contribution in [0.2, 0.25) is 0 Å². The molecule has 2 aliphatic rings. The van der Waals surface area contributed by atoms with E-state index in [-0.39, 0.29) is 30.3 Å². The van der Waals surface area contributed by atoms with E-state index in [1.54, 1.807) is 12.1 Å². The van der Waals surface area contributed by atoms with Crippen molar-refractivity contribution < 1.29 is 23.8 Å². The number of furan rings is 1. The molecule has 0 spiro atoms. The summed E-state index contributed by atoms with van der Waals surface area (Å²) >= 11 is 0. The summed E-state index contributed by atoms with van der Waals surface area (Å²) in [5, 5.41) is 12.6. The number of aliphatic imine (C=N–C) groups is 1. The fourth-order valence-electron chi connectivity index (χ4n) is 6.60. The van der Waals surface area contributed by atoms with Gasteiger partial charge in [-0.3, -0.25) is 9.59 Å². The van der Waals surface area contributed by atoms with Crippen molar-refractivity contribution in [3.8, 4) is 11.3 Å². The fourth-order valence-corrected chi connectivity index (χ4v) is 6.60. The van der Waals surface area contributed by atoms with E-state index in [4.69, 9.17) is 19.3 Å². The molecule has 1 unspecified atom stereocenters. The van der Waals surface area contributed by atoms with Crippen LogP contribution in [-0.4, -0.2) is 47.1 Å². The van der Waals surface area contributed by atoms with E-state index in [0.717, 1.165) is 59.2 Å². The number of para-hydroxylation sites is 1. The number of aliphatic carboxylic acids is 1. The van der Waals surface area contributed by atoms with Gasteiger partial charge < -0.3 is 24.5 Å². The van der Waals surface area contributed by atoms with Crippen molar-refractivity contribution in [2.75, 3.05) is 13.2 Å². The molecule has 1 saturated heterocycles. The van der Waals surface area contributed by atoms with Crippen LogP contribution < -0.4 is 5.32 Å². The molecule has 1 saturated carbocycles. The Kier molecular flexibility index (Phi) is 8.65. The SMILES string of the molecule is CC(C)(C)C1CCC(N2/C(=N/c3ccc(-c4cc5ccccc5o4)cc3)OCC2c2ccc(C(=O)NCCC(=O)O)cc2)CC1. The molecule has 6 rings (SSSR count). The molecule has 1 atom stereocenters. The van der Waals surface area contributed by atoms with Crippen molar-refractivity contribution in [1.29, 1.82) is 0 Å². The first kappa shape index (κ1) is 30.4. The predicted octanol–water partition coefficient (Wildman–Crippen LogP) is 7.97. The minimum atomic E-state index is -0.942. The average Bonchev–Trinajstić information content (AvgIpc) is 3.65. The molecule has 2 fully saturated rings. The van der Waals surface area contributed by atoms with Gasteiger partial charge in [-0.1, -0.05) is 51.1 Å². The summed E-state index contributed by atoms with van der Waals surface area (Å²) in [6.07, 6.45) is 4.34. The van der Waals surface area contributed by atoms with Gasteiger partial charge in [0.25, 0.3) is 11.9 Å². The number of carbonyl (C=O) groups excluding carboxylic acids is 1. The number of ether oxygens (including phenoxy) is 1. The van der Waals surface area contributed by atoms with Gasteiger partial charge in [0, 0.05) is 29.1 Å². The molecule has 1 aliphatic carbocycles. The first-order valence-electron chi connectivity index (χ1n) is 15.8. The van der Waals surface area contributed by atoms with Gasteiger partial charge >= 0.3 is 5.97 Å². The topological polar surface area (TPSA) is 104 Å². The molecule has 1 aliphatic heterocycles. The highest BCUT2D eigenvalue weighted by atomic mass is 16.5. The highest BCUT2D eigenvalue weighted by Crippen LogP contribution is 2.42. The molecule has 8 nitrogen and oxygen atoms in total. The maximum absolute atomic E-state index is 12.5. The van der Waals surface area contributed by atoms with Crippen LogP contribution in [0.1, 0.15) is 74.8 Å². The predicted molar refractivity (Wildman–Crippen MR) is 176 cm³/mol. The van der Waals surface area contributed by atoms with Gasteiger partial charge in [0.1, 0.15) is 18.0 Å². The average molecular weight is 608 g/mol. The molecule has 3 aromatic carbocycles. The van der Waals surface area contributed by atoms with E-state index in [1.807, 2.05) is 60.7 Å². The summed E-state index contributed by atoms with van der Waals surface area (Å²) in [5.41, 5.74) is 4.51. The molecule has 2 heterocycles. The van der Waals surface area contributed by atoms with Crippen molar-refractivity contribution in [2.24, 2.45) is 16.3 Å². The number of carbonyl (C=O) groups is 2. The minimum absolute atomic E-state index is 0.0288. The number of hydrogen-bond acceptors (Lipinski definition) is 5. The number of benzene rings is 3. The zero-order valence-corrected chi connectivity index (χ0v) is 26.2. The monoisotopic (exact) mass is 607 g/mol. The van der Waals surface area contributed by atoms with E-state index in [0.29, 0.717) is 30.2 Å². The molecule has 1 amide bonds. The number of hydrogen-bond donors (Lipinski definition) is 2. The standard InChI is InChI=1S/C37H41N3O5/c1-37(2,3)28-14-18-30(19-15-28)40-31(24-8-10-26(11-9-24)35(43)38-21-20-34(41)42)23-44-36(40)39-29-16-12-25(13-17-29)33-22-27-6-4-5-7-32(27)45-33/h4-13,16-17,22,28,30-31H,14-15,18-21,23H2,1-3H3,(H,38,43)(H,41,42)/b39-36-. The van der Waals surface area contributed by atoms with E-state index in [9.17, 15) is 9.59 Å². The van der Waals surface area contributed by atoms with Gasteiger partial charge in [-0.2, -0.15) is 4.99 Å². The highest BCUT2D eigenvalue weighted by Gasteiger charge is 2.40. The third-order valence-corrected chi connectivity index (χ3v) is 9.23. The highest BCUT2D eigenvalue weighted by molar-refractivity contribution is 5.94. The Balaban J connectivity index is 1.23. The van der Waals surface area contributed by atoms with Crippen molar-refractivity contribution in [2.45, 2.75) is 65.0 Å². The van der Waals surface area contributed by atoms with Gasteiger partial charge in [-0.25, -0.2) is 0 Å². The van der Waals surface area contributed by atoms with Gasteiger partial charge in [0.2, 0.25) is 0 Å². The smallest absolute Gasteiger partial charge is 0.305 e. The molecule has 1 aromatic heterocycles. The zero-order valence-electron chi connectivity index (χ0n) is 26.2. The van der Waals surface area contributed by atoms with Crippen LogP contribution in [0, 0.1) is 11.3 Å². The van der Waals surface area contributed by atoms with E-state index in [2.05, 4.69) is 37.1 Å². The quantitative estimate of drug-likeness (QED) is 0.211. The van der Waals surface area contributed by atoms with E-state index < -0.39 is 5.97 Å². The number of fused-ring (bicyclic) bond motifs is 1. The van der Waals surface area contributed by atoms with E-state index >= 15 is 0 Å². The maximum Gasteiger partial charge on any atom is 0.305 e. The van der Waals surface area contributed by atoms with Crippen molar-refractivity contribution in [1.82, 2.24) is 10.2 Å². The number of carboxylic acids is 1. The Hall–Kier alpha value is -4.59. The van der Waals surface area contributed by atoms with Crippen molar-refractivity contribution in [3.63, 3.8) is 0 Å². The maximum atomic E-state index is 12.5. The second-order valence-corrected chi connectivity index (χ2v) is 13.2. The van der Waals surface area contributed by atoms with Crippen LogP contribution in [0.15, 0.2) is 88.3 Å². The van der Waals surface area contributed by atoms with Crippen LogP contribution in [0.4, 0.5) is 5.69 Å². The summed E-state index contributed by atoms with van der Waals surface area (Å²) < 4.78 is 12.4. The first-order valence-corrected chi connectivity index (χ1v) is 15.8. The Labute approximate surface area is 264 Å². The summed E-state index contributed by atoms with van der Waals surface area (Å²) in [6, 6.07) is 26.6.